The van der Waals surface area contributed by atoms with Crippen LogP contribution in [0.3, 0.4) is 0 Å². The lowest BCUT2D eigenvalue weighted by molar-refractivity contribution is 0.108. The summed E-state index contributed by atoms with van der Waals surface area (Å²) in [7, 11) is 1.51. The van der Waals surface area contributed by atoms with Crippen molar-refractivity contribution in [1.82, 2.24) is 14.3 Å². The third-order valence-corrected chi connectivity index (χ3v) is 3.11. The monoisotopic (exact) mass is 305 g/mol. The number of aromatic nitrogens is 3. The summed E-state index contributed by atoms with van der Waals surface area (Å²) in [5, 5.41) is 3.20. The molecule has 0 saturated carbocycles. The first-order valence-electron chi connectivity index (χ1n) is 4.71. The van der Waals surface area contributed by atoms with Crippen LogP contribution in [0.1, 0.15) is 10.4 Å². The van der Waals surface area contributed by atoms with Gasteiger partial charge < -0.3 is 0 Å². The van der Waals surface area contributed by atoms with Gasteiger partial charge in [0.15, 0.2) is 0 Å². The minimum Gasteiger partial charge on any atom is -0.275 e. The molecular formula is C10H6Cl3N3O2. The van der Waals surface area contributed by atoms with Gasteiger partial charge in [0.1, 0.15) is 6.33 Å². The van der Waals surface area contributed by atoms with Crippen molar-refractivity contribution in [3.63, 3.8) is 0 Å². The van der Waals surface area contributed by atoms with Crippen LogP contribution < -0.4 is 5.69 Å². The molecule has 0 bridgehead atoms. The van der Waals surface area contributed by atoms with E-state index in [2.05, 4.69) is 5.10 Å². The number of halogens is 3. The molecular weight excluding hydrogens is 300 g/mol. The Kier molecular flexibility index (Phi) is 3.47. The van der Waals surface area contributed by atoms with Gasteiger partial charge in [-0.3, -0.25) is 4.79 Å². The second-order valence-corrected chi connectivity index (χ2v) is 4.62. The molecule has 0 fully saturated rings. The van der Waals surface area contributed by atoms with E-state index in [9.17, 15) is 9.59 Å². The van der Waals surface area contributed by atoms with Crippen molar-refractivity contribution >= 4 is 40.0 Å². The highest BCUT2D eigenvalue weighted by molar-refractivity contribution is 6.70. The Labute approximate surface area is 116 Å². The van der Waals surface area contributed by atoms with Gasteiger partial charge in [-0.1, -0.05) is 23.2 Å². The van der Waals surface area contributed by atoms with E-state index < -0.39 is 5.24 Å². The molecule has 94 valence electrons. The first kappa shape index (κ1) is 13.1. The standard InChI is InChI=1S/C10H6Cl3N3O2/c1-15-10(18)16(4-14-15)5-2-6(11)8(9(13)17)7(12)3-5/h2-4H,1H3. The van der Waals surface area contributed by atoms with Gasteiger partial charge in [-0.2, -0.15) is 5.10 Å². The molecule has 5 nitrogen and oxygen atoms in total. The Morgan fingerprint density at radius 2 is 1.83 bits per heavy atom. The summed E-state index contributed by atoms with van der Waals surface area (Å²) in [6.07, 6.45) is 1.33. The predicted octanol–water partition coefficient (Wildman–Crippen LogP) is 2.26. The molecule has 0 aliphatic carbocycles. The van der Waals surface area contributed by atoms with Crippen LogP contribution in [-0.4, -0.2) is 19.6 Å². The van der Waals surface area contributed by atoms with Crippen LogP contribution in [0.15, 0.2) is 23.3 Å². The van der Waals surface area contributed by atoms with Gasteiger partial charge in [-0.05, 0) is 23.7 Å². The zero-order chi connectivity index (χ0) is 13.4. The van der Waals surface area contributed by atoms with Gasteiger partial charge >= 0.3 is 5.69 Å². The van der Waals surface area contributed by atoms with Gasteiger partial charge in [0, 0.05) is 7.05 Å². The summed E-state index contributed by atoms with van der Waals surface area (Å²) in [4.78, 5) is 22.8. The fraction of sp³-hybridized carbons (Fsp3) is 0.100. The van der Waals surface area contributed by atoms with Gasteiger partial charge in [0.2, 0.25) is 0 Å². The maximum atomic E-state index is 11.7. The Morgan fingerprint density at radius 1 is 1.28 bits per heavy atom. The highest BCUT2D eigenvalue weighted by Crippen LogP contribution is 2.29. The Balaban J connectivity index is 2.66. The minimum atomic E-state index is -0.755. The van der Waals surface area contributed by atoms with Crippen LogP contribution in [0.25, 0.3) is 5.69 Å². The molecule has 1 aromatic carbocycles. The van der Waals surface area contributed by atoms with Gasteiger partial charge in [0.25, 0.3) is 5.24 Å². The van der Waals surface area contributed by atoms with Crippen LogP contribution in [0, 0.1) is 0 Å². The number of nitrogens with zero attached hydrogens (tertiary/aromatic N) is 3. The largest absolute Gasteiger partial charge is 0.350 e. The Morgan fingerprint density at radius 3 is 2.22 bits per heavy atom. The van der Waals surface area contributed by atoms with E-state index >= 15 is 0 Å². The van der Waals surface area contributed by atoms with E-state index in [1.165, 1.54) is 30.1 Å². The molecule has 0 amide bonds. The Hall–Kier alpha value is -1.30. The number of carbonyl (C=O) groups is 1. The van der Waals surface area contributed by atoms with Crippen molar-refractivity contribution in [3.8, 4) is 5.69 Å². The van der Waals surface area contributed by atoms with E-state index in [-0.39, 0.29) is 21.3 Å². The first-order valence-corrected chi connectivity index (χ1v) is 5.85. The first-order chi connectivity index (χ1) is 8.41. The molecule has 2 aromatic rings. The fourth-order valence-electron chi connectivity index (χ4n) is 1.45. The van der Waals surface area contributed by atoms with E-state index in [4.69, 9.17) is 34.8 Å². The quantitative estimate of drug-likeness (QED) is 0.800. The van der Waals surface area contributed by atoms with Crippen LogP contribution in [-0.2, 0) is 7.05 Å². The highest BCUT2D eigenvalue weighted by atomic mass is 35.5. The summed E-state index contributed by atoms with van der Waals surface area (Å²) in [6, 6.07) is 2.85. The zero-order valence-electron chi connectivity index (χ0n) is 9.02. The van der Waals surface area contributed by atoms with Crippen LogP contribution in [0.2, 0.25) is 10.0 Å². The summed E-state index contributed by atoms with van der Waals surface area (Å²) in [5.41, 5.74) is 0.0672. The average molecular weight is 307 g/mol. The zero-order valence-corrected chi connectivity index (χ0v) is 11.3. The number of carbonyl (C=O) groups excluding carboxylic acids is 1. The lowest BCUT2D eigenvalue weighted by atomic mass is 10.2. The molecule has 0 aliphatic rings. The van der Waals surface area contributed by atoms with Crippen molar-refractivity contribution in [2.24, 2.45) is 7.05 Å². The summed E-state index contributed by atoms with van der Waals surface area (Å²) >= 11 is 17.2. The van der Waals surface area contributed by atoms with E-state index in [0.717, 1.165) is 4.68 Å². The molecule has 0 aliphatic heterocycles. The number of aryl methyl sites for hydroxylation is 1. The molecule has 0 radical (unpaired) electrons. The van der Waals surface area contributed by atoms with Crippen molar-refractivity contribution in [2.45, 2.75) is 0 Å². The summed E-state index contributed by atoms with van der Waals surface area (Å²) in [6.45, 7) is 0. The normalized spacial score (nSPS) is 10.7. The molecule has 0 N–H and O–H groups in total. The highest BCUT2D eigenvalue weighted by Gasteiger charge is 2.15. The molecule has 0 saturated heterocycles. The molecule has 0 atom stereocenters. The maximum Gasteiger partial charge on any atom is 0.350 e. The predicted molar refractivity (Wildman–Crippen MR) is 69.0 cm³/mol. The van der Waals surface area contributed by atoms with Gasteiger partial charge in [-0.25, -0.2) is 14.0 Å². The Bertz CT molecular complexity index is 667. The molecule has 1 aromatic heterocycles. The van der Waals surface area contributed by atoms with Crippen molar-refractivity contribution in [2.75, 3.05) is 0 Å². The minimum absolute atomic E-state index is 0.0145. The van der Waals surface area contributed by atoms with Crippen LogP contribution in [0.5, 0.6) is 0 Å². The van der Waals surface area contributed by atoms with E-state index in [0.29, 0.717) is 5.69 Å². The van der Waals surface area contributed by atoms with E-state index in [1.807, 2.05) is 0 Å². The summed E-state index contributed by atoms with van der Waals surface area (Å²) in [5.74, 6) is 0. The van der Waals surface area contributed by atoms with Crippen molar-refractivity contribution in [3.05, 3.63) is 44.6 Å². The number of hydrogen-bond donors (Lipinski definition) is 0. The van der Waals surface area contributed by atoms with Crippen molar-refractivity contribution < 1.29 is 4.79 Å². The maximum absolute atomic E-state index is 11.7. The second-order valence-electron chi connectivity index (χ2n) is 3.47. The molecule has 2 rings (SSSR count). The van der Waals surface area contributed by atoms with Gasteiger partial charge in [-0.15, -0.1) is 0 Å². The van der Waals surface area contributed by atoms with E-state index in [1.54, 1.807) is 0 Å². The van der Waals surface area contributed by atoms with Crippen LogP contribution in [0.4, 0.5) is 0 Å². The smallest absolute Gasteiger partial charge is 0.275 e. The molecule has 0 unspecified atom stereocenters. The average Bonchev–Trinajstić information content (AvgIpc) is 2.58. The summed E-state index contributed by atoms with van der Waals surface area (Å²) < 4.78 is 2.41. The third kappa shape index (κ3) is 2.16. The SMILES string of the molecule is Cn1ncn(-c2cc(Cl)c(C(=O)Cl)c(Cl)c2)c1=O. The van der Waals surface area contributed by atoms with Crippen molar-refractivity contribution in [1.29, 1.82) is 0 Å². The molecule has 18 heavy (non-hydrogen) atoms. The number of hydrogen-bond acceptors (Lipinski definition) is 3. The van der Waals surface area contributed by atoms with Gasteiger partial charge in [0.05, 0.1) is 21.3 Å². The third-order valence-electron chi connectivity index (χ3n) is 2.32. The molecule has 8 heteroatoms. The van der Waals surface area contributed by atoms with Crippen LogP contribution >= 0.6 is 34.8 Å². The second kappa shape index (κ2) is 4.76. The topological polar surface area (TPSA) is 56.9 Å². The number of rotatable bonds is 2. The lowest BCUT2D eigenvalue weighted by Gasteiger charge is -2.06. The molecule has 0 spiro atoms. The lowest BCUT2D eigenvalue weighted by Crippen LogP contribution is -2.21. The number of benzene rings is 1. The fourth-order valence-corrected chi connectivity index (χ4v) is 2.40. The molecule has 1 heterocycles.